The molecule has 0 spiro atoms. The zero-order valence-corrected chi connectivity index (χ0v) is 17.5. The molecule has 2 aromatic heterocycles. The molecule has 0 unspecified atom stereocenters. The molecule has 2 amide bonds. The molecule has 0 bridgehead atoms. The van der Waals surface area contributed by atoms with Crippen LogP contribution in [0.5, 0.6) is 0 Å². The summed E-state index contributed by atoms with van der Waals surface area (Å²) in [5.41, 5.74) is 3.60. The van der Waals surface area contributed by atoms with Crippen LogP contribution in [0.3, 0.4) is 0 Å². The lowest BCUT2D eigenvalue weighted by Gasteiger charge is -2.11. The lowest BCUT2D eigenvalue weighted by Crippen LogP contribution is -2.19. The largest absolute Gasteiger partial charge is 0.367 e. The average molecular weight is 440 g/mol. The molecule has 0 radical (unpaired) electrons. The zero-order valence-electron chi connectivity index (χ0n) is 16.7. The Morgan fingerprint density at radius 2 is 2.13 bits per heavy atom. The Balaban J connectivity index is 1.58. The first-order valence-electron chi connectivity index (χ1n) is 10.0. The molecule has 9 heteroatoms. The molecule has 2 aliphatic rings. The molecule has 31 heavy (non-hydrogen) atoms. The Morgan fingerprint density at radius 1 is 1.32 bits per heavy atom. The third-order valence-electron chi connectivity index (χ3n) is 5.41. The monoisotopic (exact) mass is 439 g/mol. The number of nitrogens with one attached hydrogen (secondary N) is 2. The topological polar surface area (TPSA) is 88.4 Å². The fraction of sp³-hybridized carbons (Fsp3) is 0.273. The third kappa shape index (κ3) is 3.90. The van der Waals surface area contributed by atoms with Crippen LogP contribution in [-0.4, -0.2) is 32.5 Å². The highest BCUT2D eigenvalue weighted by Crippen LogP contribution is 2.29. The lowest BCUT2D eigenvalue weighted by molar-refractivity contribution is -0.124. The van der Waals surface area contributed by atoms with Crippen molar-refractivity contribution < 1.29 is 14.0 Å². The van der Waals surface area contributed by atoms with Gasteiger partial charge in [0.15, 0.2) is 5.65 Å². The Hall–Kier alpha value is -3.26. The lowest BCUT2D eigenvalue weighted by atomic mass is 10.1. The molecule has 2 fully saturated rings. The summed E-state index contributed by atoms with van der Waals surface area (Å²) < 4.78 is 15.5. The van der Waals surface area contributed by atoms with Crippen molar-refractivity contribution in [2.75, 3.05) is 5.32 Å². The van der Waals surface area contributed by atoms with Crippen LogP contribution in [0.1, 0.15) is 41.6 Å². The fourth-order valence-corrected chi connectivity index (χ4v) is 3.84. The van der Waals surface area contributed by atoms with E-state index in [9.17, 15) is 14.0 Å². The van der Waals surface area contributed by atoms with Gasteiger partial charge in [-0.25, -0.2) is 9.37 Å². The van der Waals surface area contributed by atoms with Gasteiger partial charge in [0.2, 0.25) is 5.91 Å². The van der Waals surface area contributed by atoms with E-state index in [1.54, 1.807) is 29.8 Å². The molecule has 2 N–H and O–H groups in total. The maximum atomic E-state index is 13.8. The molecule has 3 heterocycles. The van der Waals surface area contributed by atoms with Gasteiger partial charge in [0.1, 0.15) is 11.6 Å². The number of aromatic nitrogens is 3. The molecular weight excluding hydrogens is 421 g/mol. The van der Waals surface area contributed by atoms with Crippen LogP contribution in [0.15, 0.2) is 30.0 Å². The van der Waals surface area contributed by atoms with Crippen molar-refractivity contribution >= 4 is 41.0 Å². The summed E-state index contributed by atoms with van der Waals surface area (Å²) in [6, 6.07) is 5.35. The van der Waals surface area contributed by atoms with E-state index in [4.69, 9.17) is 16.6 Å². The predicted octanol–water partition coefficient (Wildman–Crippen LogP) is 3.43. The van der Waals surface area contributed by atoms with Crippen molar-refractivity contribution in [3.8, 4) is 0 Å². The second-order valence-corrected chi connectivity index (χ2v) is 8.39. The number of nitrogens with zero attached hydrogens (tertiary/aromatic N) is 3. The average Bonchev–Trinajstić information content (AvgIpc) is 3.35. The molecule has 3 aromatic rings. The number of carbonyl (C=O) groups excluding carboxylic acids is 2. The minimum atomic E-state index is -0.398. The van der Waals surface area contributed by atoms with E-state index in [1.165, 1.54) is 6.07 Å². The first-order chi connectivity index (χ1) is 14.9. The molecule has 1 saturated carbocycles. The number of hydrogen-bond acceptors (Lipinski definition) is 5. The van der Waals surface area contributed by atoms with Gasteiger partial charge in [-0.1, -0.05) is 17.7 Å². The van der Waals surface area contributed by atoms with Crippen molar-refractivity contribution in [3.63, 3.8) is 0 Å². The Bertz CT molecular complexity index is 1280. The molecule has 1 aromatic carbocycles. The van der Waals surface area contributed by atoms with Crippen LogP contribution in [-0.2, 0) is 16.0 Å². The third-order valence-corrected chi connectivity index (χ3v) is 5.76. The Kier molecular flexibility index (Phi) is 4.74. The number of fused-ring (bicyclic) bond motifs is 1. The normalized spacial score (nSPS) is 17.6. The molecule has 0 atom stereocenters. The van der Waals surface area contributed by atoms with Crippen LogP contribution >= 0.6 is 11.6 Å². The summed E-state index contributed by atoms with van der Waals surface area (Å²) in [5.74, 6) is -0.277. The van der Waals surface area contributed by atoms with Crippen LogP contribution in [0.4, 0.5) is 10.2 Å². The molecule has 1 aliphatic heterocycles. The fourth-order valence-electron chi connectivity index (χ4n) is 3.62. The Labute approximate surface area is 182 Å². The van der Waals surface area contributed by atoms with E-state index in [2.05, 4.69) is 15.7 Å². The van der Waals surface area contributed by atoms with Crippen LogP contribution in [0, 0.1) is 12.7 Å². The van der Waals surface area contributed by atoms with E-state index in [-0.39, 0.29) is 18.1 Å². The van der Waals surface area contributed by atoms with Gasteiger partial charge in [-0.15, -0.1) is 0 Å². The zero-order chi connectivity index (χ0) is 21.7. The first kappa shape index (κ1) is 19.7. The number of amides is 2. The maximum absolute atomic E-state index is 13.8. The van der Waals surface area contributed by atoms with Crippen molar-refractivity contribution in [1.29, 1.82) is 0 Å². The first-order valence-corrected chi connectivity index (χ1v) is 10.4. The highest BCUT2D eigenvalue weighted by Gasteiger charge is 2.26. The second-order valence-electron chi connectivity index (χ2n) is 7.98. The van der Waals surface area contributed by atoms with E-state index in [0.29, 0.717) is 39.8 Å². The number of aryl methyl sites for hydroxylation is 1. The second kappa shape index (κ2) is 7.46. The number of imide groups is 1. The summed E-state index contributed by atoms with van der Waals surface area (Å²) >= 11 is 6.27. The summed E-state index contributed by atoms with van der Waals surface area (Å²) in [6.45, 7) is 1.70. The van der Waals surface area contributed by atoms with E-state index >= 15 is 0 Å². The minimum Gasteiger partial charge on any atom is -0.367 e. The summed E-state index contributed by atoms with van der Waals surface area (Å²) in [5, 5.41) is 10.5. The summed E-state index contributed by atoms with van der Waals surface area (Å²) in [6.07, 6.45) is 5.90. The number of hydrogen-bond donors (Lipinski definition) is 2. The Morgan fingerprint density at radius 3 is 2.84 bits per heavy atom. The standard InChI is InChI=1S/C22H19ClFN5O2/c1-11-4-12(17(23)9-18(11)24)6-16-8-19(26-15-2-3-15)29-21(27-16)14(10-25-29)5-13-7-20(30)28-22(13)31/h4-5,8-10,15,26H,2-3,6-7H2,1H3,(H,28,30,31)/b13-5+. The summed E-state index contributed by atoms with van der Waals surface area (Å²) in [4.78, 5) is 28.2. The van der Waals surface area contributed by atoms with Crippen LogP contribution in [0.25, 0.3) is 11.7 Å². The van der Waals surface area contributed by atoms with Crippen molar-refractivity contribution in [1.82, 2.24) is 19.9 Å². The maximum Gasteiger partial charge on any atom is 0.254 e. The van der Waals surface area contributed by atoms with Gasteiger partial charge in [0.25, 0.3) is 5.91 Å². The van der Waals surface area contributed by atoms with E-state index < -0.39 is 5.91 Å². The molecule has 1 saturated heterocycles. The highest BCUT2D eigenvalue weighted by molar-refractivity contribution is 6.31. The molecule has 158 valence electrons. The molecule has 5 rings (SSSR count). The van der Waals surface area contributed by atoms with Gasteiger partial charge in [-0.05, 0) is 43.0 Å². The molecule has 1 aliphatic carbocycles. The van der Waals surface area contributed by atoms with Crippen molar-refractivity contribution in [3.05, 3.63) is 63.2 Å². The van der Waals surface area contributed by atoms with Crippen LogP contribution < -0.4 is 10.6 Å². The number of carbonyl (C=O) groups is 2. The quantitative estimate of drug-likeness (QED) is 0.469. The van der Waals surface area contributed by atoms with Crippen LogP contribution in [0.2, 0.25) is 5.02 Å². The number of anilines is 1. The van der Waals surface area contributed by atoms with Gasteiger partial charge >= 0.3 is 0 Å². The number of benzene rings is 1. The van der Waals surface area contributed by atoms with Gasteiger partial charge < -0.3 is 5.32 Å². The minimum absolute atomic E-state index is 0.0352. The van der Waals surface area contributed by atoms with Crippen molar-refractivity contribution in [2.24, 2.45) is 0 Å². The van der Waals surface area contributed by atoms with Gasteiger partial charge in [-0.2, -0.15) is 9.61 Å². The highest BCUT2D eigenvalue weighted by atomic mass is 35.5. The number of halogens is 2. The van der Waals surface area contributed by atoms with Gasteiger partial charge in [-0.3, -0.25) is 14.9 Å². The van der Waals surface area contributed by atoms with E-state index in [0.717, 1.165) is 29.9 Å². The van der Waals surface area contributed by atoms with E-state index in [1.807, 2.05) is 6.07 Å². The molecular formula is C22H19ClFN5O2. The van der Waals surface area contributed by atoms with Gasteiger partial charge in [0, 0.05) is 34.7 Å². The SMILES string of the molecule is Cc1cc(Cc2cc(NC3CC3)n3ncc(/C=C4\CC(=O)NC4=O)c3n2)c(Cl)cc1F. The van der Waals surface area contributed by atoms with Crippen molar-refractivity contribution in [2.45, 2.75) is 38.6 Å². The predicted molar refractivity (Wildman–Crippen MR) is 114 cm³/mol. The number of rotatable bonds is 5. The van der Waals surface area contributed by atoms with Gasteiger partial charge in [0.05, 0.1) is 18.3 Å². The smallest absolute Gasteiger partial charge is 0.254 e. The molecule has 7 nitrogen and oxygen atoms in total. The summed E-state index contributed by atoms with van der Waals surface area (Å²) in [7, 11) is 0.